The monoisotopic (exact) mass is 559 g/mol. The van der Waals surface area contributed by atoms with Crippen molar-refractivity contribution < 1.29 is 28.7 Å². The van der Waals surface area contributed by atoms with Crippen molar-refractivity contribution in [3.63, 3.8) is 0 Å². The molecule has 0 spiro atoms. The van der Waals surface area contributed by atoms with Crippen molar-refractivity contribution in [1.82, 2.24) is 19.6 Å². The van der Waals surface area contributed by atoms with Crippen molar-refractivity contribution in [2.75, 3.05) is 70.9 Å². The summed E-state index contributed by atoms with van der Waals surface area (Å²) in [6, 6.07) is 7.79. The Morgan fingerprint density at radius 2 is 1.55 bits per heavy atom. The molecule has 0 aliphatic carbocycles. The minimum atomic E-state index is -0.631. The van der Waals surface area contributed by atoms with Gasteiger partial charge in [-0.25, -0.2) is 0 Å². The lowest BCUT2D eigenvalue weighted by molar-refractivity contribution is -0.138. The molecule has 11 nitrogen and oxygen atoms in total. The molecular formula is C25H26ClN5O6S. The summed E-state index contributed by atoms with van der Waals surface area (Å²) in [5, 5.41) is 2.68. The molecule has 0 radical (unpaired) electrons. The molecule has 5 amide bonds. The number of morpholine rings is 1. The van der Waals surface area contributed by atoms with Gasteiger partial charge in [0.25, 0.3) is 17.7 Å². The van der Waals surface area contributed by atoms with Crippen molar-refractivity contribution >= 4 is 58.2 Å². The number of amides is 5. The summed E-state index contributed by atoms with van der Waals surface area (Å²) in [6.07, 6.45) is 0. The first-order valence-corrected chi connectivity index (χ1v) is 13.4. The Kier molecular flexibility index (Phi) is 7.75. The first-order valence-electron chi connectivity index (χ1n) is 12.2. The molecule has 2 aromatic rings. The molecule has 2 saturated heterocycles. The van der Waals surface area contributed by atoms with Gasteiger partial charge in [0.15, 0.2) is 0 Å². The standard InChI is InChI=1S/C25H26ClN5O6S/c26-19-5-4-18(38-19)23(34)27-17-3-1-2-16-22(17)25(36)31(24(16)35)15-21(33)29-8-6-28(7-9-29)14-20(32)30-10-12-37-13-11-30/h1-5H,6-15H2,(H,27,34). The van der Waals surface area contributed by atoms with Gasteiger partial charge < -0.3 is 19.9 Å². The van der Waals surface area contributed by atoms with Crippen LogP contribution in [0, 0.1) is 0 Å². The van der Waals surface area contributed by atoms with Crippen LogP contribution in [0.2, 0.25) is 4.34 Å². The maximum atomic E-state index is 13.2. The number of nitrogens with one attached hydrogen (secondary N) is 1. The summed E-state index contributed by atoms with van der Waals surface area (Å²) in [7, 11) is 0. The molecule has 0 unspecified atom stereocenters. The molecule has 13 heteroatoms. The molecule has 2 fully saturated rings. The number of piperazine rings is 1. The number of hydrogen-bond acceptors (Lipinski definition) is 8. The van der Waals surface area contributed by atoms with Gasteiger partial charge in [-0.15, -0.1) is 11.3 Å². The van der Waals surface area contributed by atoms with E-state index in [-0.39, 0.29) is 35.2 Å². The Bertz CT molecular complexity index is 1280. The zero-order valence-electron chi connectivity index (χ0n) is 20.5. The predicted molar refractivity (Wildman–Crippen MR) is 140 cm³/mol. The van der Waals surface area contributed by atoms with Crippen LogP contribution in [0.4, 0.5) is 5.69 Å². The van der Waals surface area contributed by atoms with Gasteiger partial charge in [-0.3, -0.25) is 33.8 Å². The maximum Gasteiger partial charge on any atom is 0.265 e. The molecule has 0 saturated carbocycles. The molecule has 3 aliphatic rings. The molecule has 38 heavy (non-hydrogen) atoms. The SMILES string of the molecule is O=C(Nc1cccc2c1C(=O)N(CC(=O)N1CCN(CC(=O)N3CCOCC3)CC1)C2=O)c1ccc(Cl)s1. The Morgan fingerprint density at radius 1 is 0.868 bits per heavy atom. The highest BCUT2D eigenvalue weighted by atomic mass is 35.5. The van der Waals surface area contributed by atoms with Crippen molar-refractivity contribution in [2.24, 2.45) is 0 Å². The fraction of sp³-hybridized carbons (Fsp3) is 0.400. The summed E-state index contributed by atoms with van der Waals surface area (Å²) in [5.41, 5.74) is 0.396. The molecule has 4 heterocycles. The van der Waals surface area contributed by atoms with E-state index in [0.717, 1.165) is 16.2 Å². The van der Waals surface area contributed by atoms with E-state index in [1.807, 2.05) is 4.90 Å². The van der Waals surface area contributed by atoms with Gasteiger partial charge in [0.2, 0.25) is 11.8 Å². The van der Waals surface area contributed by atoms with E-state index in [2.05, 4.69) is 5.32 Å². The summed E-state index contributed by atoms with van der Waals surface area (Å²) in [6.45, 7) is 3.98. The minimum absolute atomic E-state index is 0.0455. The molecular weight excluding hydrogens is 534 g/mol. The lowest BCUT2D eigenvalue weighted by Gasteiger charge is -2.36. The number of rotatable bonds is 6. The van der Waals surface area contributed by atoms with Crippen LogP contribution in [0.5, 0.6) is 0 Å². The molecule has 0 bridgehead atoms. The first-order chi connectivity index (χ1) is 18.3. The predicted octanol–water partition coefficient (Wildman–Crippen LogP) is 1.25. The number of carbonyl (C=O) groups excluding carboxylic acids is 5. The van der Waals surface area contributed by atoms with Crippen molar-refractivity contribution in [1.29, 1.82) is 0 Å². The van der Waals surface area contributed by atoms with Gasteiger partial charge in [-0.1, -0.05) is 17.7 Å². The van der Waals surface area contributed by atoms with Crippen LogP contribution in [0.3, 0.4) is 0 Å². The summed E-state index contributed by atoms with van der Waals surface area (Å²) in [4.78, 5) is 71.0. The summed E-state index contributed by atoms with van der Waals surface area (Å²) >= 11 is 7.01. The number of halogens is 1. The number of benzene rings is 1. The van der Waals surface area contributed by atoms with Gasteiger partial charge in [0.1, 0.15) is 6.54 Å². The second-order valence-corrected chi connectivity index (χ2v) is 10.8. The maximum absolute atomic E-state index is 13.2. The van der Waals surface area contributed by atoms with Crippen LogP contribution >= 0.6 is 22.9 Å². The first kappa shape index (κ1) is 26.3. The summed E-state index contributed by atoms with van der Waals surface area (Å²) < 4.78 is 5.74. The van der Waals surface area contributed by atoms with E-state index >= 15 is 0 Å². The highest BCUT2D eigenvalue weighted by molar-refractivity contribution is 7.18. The lowest BCUT2D eigenvalue weighted by Crippen LogP contribution is -2.54. The van der Waals surface area contributed by atoms with Crippen LogP contribution in [0.15, 0.2) is 30.3 Å². The highest BCUT2D eigenvalue weighted by Gasteiger charge is 2.40. The number of anilines is 1. The molecule has 3 aliphatic heterocycles. The van der Waals surface area contributed by atoms with Crippen LogP contribution in [0.1, 0.15) is 30.4 Å². The van der Waals surface area contributed by atoms with E-state index in [9.17, 15) is 24.0 Å². The van der Waals surface area contributed by atoms with Gasteiger partial charge in [0.05, 0.1) is 45.8 Å². The van der Waals surface area contributed by atoms with E-state index in [1.165, 1.54) is 6.07 Å². The third kappa shape index (κ3) is 5.44. The largest absolute Gasteiger partial charge is 0.378 e. The number of imide groups is 1. The zero-order chi connectivity index (χ0) is 26.8. The summed E-state index contributed by atoms with van der Waals surface area (Å²) in [5.74, 6) is -1.96. The van der Waals surface area contributed by atoms with E-state index < -0.39 is 24.3 Å². The van der Waals surface area contributed by atoms with Gasteiger partial charge >= 0.3 is 0 Å². The van der Waals surface area contributed by atoms with Crippen molar-refractivity contribution in [3.05, 3.63) is 50.7 Å². The van der Waals surface area contributed by atoms with E-state index in [4.69, 9.17) is 16.3 Å². The number of nitrogens with zero attached hydrogens (tertiary/aromatic N) is 4. The third-order valence-electron chi connectivity index (χ3n) is 6.79. The Hall–Kier alpha value is -3.32. The average molecular weight is 560 g/mol. The number of hydrogen-bond donors (Lipinski definition) is 1. The van der Waals surface area contributed by atoms with Crippen LogP contribution in [0.25, 0.3) is 0 Å². The molecule has 5 rings (SSSR count). The highest BCUT2D eigenvalue weighted by Crippen LogP contribution is 2.30. The van der Waals surface area contributed by atoms with Crippen molar-refractivity contribution in [3.8, 4) is 0 Å². The van der Waals surface area contributed by atoms with Crippen LogP contribution in [-0.2, 0) is 14.3 Å². The van der Waals surface area contributed by atoms with Gasteiger partial charge in [0, 0.05) is 39.3 Å². The Labute approximate surface area is 227 Å². The molecule has 200 valence electrons. The fourth-order valence-corrected chi connectivity index (χ4v) is 5.63. The number of ether oxygens (including phenoxy) is 1. The van der Waals surface area contributed by atoms with Crippen LogP contribution < -0.4 is 5.32 Å². The second-order valence-electron chi connectivity index (χ2n) is 9.13. The number of carbonyl (C=O) groups is 5. The van der Waals surface area contributed by atoms with Gasteiger partial charge in [-0.05, 0) is 24.3 Å². The topological polar surface area (TPSA) is 120 Å². The number of fused-ring (bicyclic) bond motifs is 1. The molecule has 1 aromatic heterocycles. The zero-order valence-corrected chi connectivity index (χ0v) is 22.1. The Morgan fingerprint density at radius 3 is 2.24 bits per heavy atom. The van der Waals surface area contributed by atoms with E-state index in [1.54, 1.807) is 34.1 Å². The van der Waals surface area contributed by atoms with E-state index in [0.29, 0.717) is 61.7 Å². The second kappa shape index (κ2) is 11.2. The number of thiophene rings is 1. The minimum Gasteiger partial charge on any atom is -0.378 e. The quantitative estimate of drug-likeness (QED) is 0.529. The molecule has 0 atom stereocenters. The van der Waals surface area contributed by atoms with Gasteiger partial charge in [-0.2, -0.15) is 0 Å². The molecule has 1 N–H and O–H groups in total. The normalized spacial score (nSPS) is 18.1. The van der Waals surface area contributed by atoms with Crippen molar-refractivity contribution in [2.45, 2.75) is 0 Å². The third-order valence-corrected chi connectivity index (χ3v) is 8.02. The average Bonchev–Trinajstić information content (AvgIpc) is 3.47. The van der Waals surface area contributed by atoms with Crippen LogP contribution in [-0.4, -0.2) is 115 Å². The fourth-order valence-electron chi connectivity index (χ4n) is 4.70. The lowest BCUT2D eigenvalue weighted by atomic mass is 10.1. The molecule has 1 aromatic carbocycles. The smallest absolute Gasteiger partial charge is 0.265 e. The Balaban J connectivity index is 1.18.